The summed E-state index contributed by atoms with van der Waals surface area (Å²) in [5.74, 6) is -0.708. The molecule has 0 spiro atoms. The van der Waals surface area contributed by atoms with E-state index in [1.54, 1.807) is 29.3 Å². The second-order valence-electron chi connectivity index (χ2n) is 11.0. The van der Waals surface area contributed by atoms with Gasteiger partial charge in [-0.2, -0.15) is 18.3 Å². The van der Waals surface area contributed by atoms with Gasteiger partial charge in [0.25, 0.3) is 5.91 Å². The van der Waals surface area contributed by atoms with Gasteiger partial charge in [-0.3, -0.25) is 19.1 Å². The Morgan fingerprint density at radius 3 is 2.37 bits per heavy atom. The number of amides is 3. The minimum absolute atomic E-state index is 0.0215. The Morgan fingerprint density at radius 1 is 0.976 bits per heavy atom. The van der Waals surface area contributed by atoms with E-state index in [0.717, 1.165) is 38.3 Å². The fourth-order valence-electron chi connectivity index (χ4n) is 5.24. The summed E-state index contributed by atoms with van der Waals surface area (Å²) in [6.45, 7) is 6.20. The van der Waals surface area contributed by atoms with Crippen LogP contribution in [0, 0.1) is 5.41 Å². The zero-order valence-electron chi connectivity index (χ0n) is 22.9. The molecule has 1 N–H and O–H groups in total. The van der Waals surface area contributed by atoms with E-state index < -0.39 is 23.2 Å². The molecule has 2 aliphatic rings. The number of hydrogen-bond donors (Lipinski definition) is 1. The van der Waals surface area contributed by atoms with Crippen molar-refractivity contribution < 1.29 is 27.6 Å². The molecule has 0 aliphatic carbocycles. The van der Waals surface area contributed by atoms with Crippen LogP contribution in [0.2, 0.25) is 0 Å². The number of carbonyl (C=O) groups is 3. The molecule has 5 rings (SSSR count). The van der Waals surface area contributed by atoms with Crippen LogP contribution in [0.4, 0.5) is 18.9 Å². The van der Waals surface area contributed by atoms with Crippen molar-refractivity contribution in [3.05, 3.63) is 54.0 Å². The van der Waals surface area contributed by atoms with Crippen LogP contribution in [0.1, 0.15) is 35.9 Å². The number of piperazine rings is 1. The lowest BCUT2D eigenvalue weighted by Crippen LogP contribution is -2.54. The molecule has 41 heavy (non-hydrogen) atoms. The third-order valence-corrected chi connectivity index (χ3v) is 7.91. The largest absolute Gasteiger partial charge is 0.433 e. The summed E-state index contributed by atoms with van der Waals surface area (Å²) < 4.78 is 40.4. The minimum atomic E-state index is -4.66. The highest BCUT2D eigenvalue weighted by Crippen LogP contribution is 2.33. The molecule has 1 aromatic carbocycles. The SMILES string of the molecule is CN1CCN(C(=O)C2(C)CCN(C(=O)Cn3cc4cc(NC(=O)c5cccc(C(F)(F)F)n5)ccc4n3)CC2)CC1. The van der Waals surface area contributed by atoms with Crippen molar-refractivity contribution in [3.63, 3.8) is 0 Å². The molecule has 0 saturated carbocycles. The number of likely N-dealkylation sites (N-methyl/N-ethyl adjacent to an activating group) is 1. The van der Waals surface area contributed by atoms with Crippen molar-refractivity contribution in [3.8, 4) is 0 Å². The van der Waals surface area contributed by atoms with Crippen LogP contribution in [0.5, 0.6) is 0 Å². The number of fused-ring (bicyclic) bond motifs is 1. The van der Waals surface area contributed by atoms with Gasteiger partial charge in [0, 0.05) is 62.0 Å². The van der Waals surface area contributed by atoms with Crippen molar-refractivity contribution in [1.29, 1.82) is 0 Å². The number of piperidine rings is 1. The van der Waals surface area contributed by atoms with Gasteiger partial charge in [-0.15, -0.1) is 0 Å². The second kappa shape index (κ2) is 11.1. The van der Waals surface area contributed by atoms with Gasteiger partial charge in [-0.05, 0) is 50.2 Å². The van der Waals surface area contributed by atoms with Crippen LogP contribution in [-0.4, -0.2) is 93.5 Å². The Kier molecular flexibility index (Phi) is 7.73. The molecular formula is C28H32F3N7O3. The molecule has 0 unspecified atom stereocenters. The number of pyridine rings is 1. The zero-order chi connectivity index (χ0) is 29.4. The fraction of sp³-hybridized carbons (Fsp3) is 0.464. The van der Waals surface area contributed by atoms with E-state index in [-0.39, 0.29) is 24.1 Å². The number of nitrogens with zero attached hydrogens (tertiary/aromatic N) is 6. The Morgan fingerprint density at radius 2 is 1.68 bits per heavy atom. The van der Waals surface area contributed by atoms with E-state index in [0.29, 0.717) is 42.5 Å². The maximum atomic E-state index is 13.2. The molecule has 2 aliphatic heterocycles. The maximum Gasteiger partial charge on any atom is 0.433 e. The quantitative estimate of drug-likeness (QED) is 0.505. The van der Waals surface area contributed by atoms with Gasteiger partial charge in [0.05, 0.1) is 5.52 Å². The lowest BCUT2D eigenvalue weighted by Gasteiger charge is -2.43. The highest BCUT2D eigenvalue weighted by atomic mass is 19.4. The van der Waals surface area contributed by atoms with Crippen LogP contribution in [0.25, 0.3) is 10.9 Å². The van der Waals surface area contributed by atoms with Crippen molar-refractivity contribution in [1.82, 2.24) is 29.5 Å². The molecule has 2 saturated heterocycles. The lowest BCUT2D eigenvalue weighted by atomic mass is 9.79. The first kappa shape index (κ1) is 28.5. The van der Waals surface area contributed by atoms with Crippen LogP contribution < -0.4 is 5.32 Å². The van der Waals surface area contributed by atoms with E-state index in [2.05, 4.69) is 27.3 Å². The van der Waals surface area contributed by atoms with Gasteiger partial charge in [0.1, 0.15) is 17.9 Å². The van der Waals surface area contributed by atoms with Gasteiger partial charge in [0.2, 0.25) is 11.8 Å². The molecular weight excluding hydrogens is 539 g/mol. The van der Waals surface area contributed by atoms with Crippen LogP contribution in [0.15, 0.2) is 42.6 Å². The molecule has 3 amide bonds. The fourth-order valence-corrected chi connectivity index (χ4v) is 5.24. The topological polar surface area (TPSA) is 104 Å². The van der Waals surface area contributed by atoms with Crippen molar-refractivity contribution in [2.24, 2.45) is 5.41 Å². The Bertz CT molecular complexity index is 1460. The smallest absolute Gasteiger partial charge is 0.341 e. The monoisotopic (exact) mass is 571 g/mol. The average Bonchev–Trinajstić information content (AvgIpc) is 3.34. The van der Waals surface area contributed by atoms with Gasteiger partial charge < -0.3 is 20.0 Å². The number of anilines is 1. The number of benzene rings is 1. The number of hydrogen-bond acceptors (Lipinski definition) is 6. The zero-order valence-corrected chi connectivity index (χ0v) is 22.9. The number of nitrogens with one attached hydrogen (secondary N) is 1. The summed E-state index contributed by atoms with van der Waals surface area (Å²) >= 11 is 0. The van der Waals surface area contributed by atoms with Crippen molar-refractivity contribution >= 4 is 34.3 Å². The van der Waals surface area contributed by atoms with Crippen LogP contribution >= 0.6 is 0 Å². The summed E-state index contributed by atoms with van der Waals surface area (Å²) in [5.41, 5.74) is -1.03. The minimum Gasteiger partial charge on any atom is -0.341 e. The van der Waals surface area contributed by atoms with E-state index in [1.807, 2.05) is 11.8 Å². The molecule has 218 valence electrons. The number of likely N-dealkylation sites (tertiary alicyclic amines) is 1. The van der Waals surface area contributed by atoms with Gasteiger partial charge in [0.15, 0.2) is 0 Å². The highest BCUT2D eigenvalue weighted by molar-refractivity contribution is 6.03. The van der Waals surface area contributed by atoms with Crippen LogP contribution in [-0.2, 0) is 22.3 Å². The van der Waals surface area contributed by atoms with E-state index in [4.69, 9.17) is 0 Å². The lowest BCUT2D eigenvalue weighted by molar-refractivity contribution is -0.148. The van der Waals surface area contributed by atoms with Crippen molar-refractivity contribution in [2.45, 2.75) is 32.5 Å². The Hall–Kier alpha value is -4.00. The highest BCUT2D eigenvalue weighted by Gasteiger charge is 2.41. The van der Waals surface area contributed by atoms with Crippen molar-refractivity contribution in [2.75, 3.05) is 51.6 Å². The van der Waals surface area contributed by atoms with Gasteiger partial charge in [-0.1, -0.05) is 13.0 Å². The third-order valence-electron chi connectivity index (χ3n) is 7.91. The van der Waals surface area contributed by atoms with Gasteiger partial charge >= 0.3 is 6.18 Å². The molecule has 2 aromatic heterocycles. The number of aromatic nitrogens is 3. The standard InChI is InChI=1S/C28H32F3N7O3/c1-27(26(41)37-14-12-35(2)13-15-37)8-10-36(11-9-27)24(39)18-38-17-19-16-20(6-7-21(19)34-38)32-25(40)22-4-3-5-23(33-22)28(29,30)31/h3-7,16-17H,8-15,18H2,1-2H3,(H,32,40). The summed E-state index contributed by atoms with van der Waals surface area (Å²) in [6.07, 6.45) is -1.77. The summed E-state index contributed by atoms with van der Waals surface area (Å²) in [4.78, 5) is 48.1. The molecule has 13 heteroatoms. The predicted molar refractivity (Wildman–Crippen MR) is 145 cm³/mol. The Balaban J connectivity index is 1.18. The van der Waals surface area contributed by atoms with Gasteiger partial charge in [-0.25, -0.2) is 4.98 Å². The molecule has 10 nitrogen and oxygen atoms in total. The molecule has 0 bridgehead atoms. The Labute approximate surface area is 235 Å². The molecule has 4 heterocycles. The molecule has 3 aromatic rings. The molecule has 0 atom stereocenters. The third kappa shape index (κ3) is 6.34. The number of halogens is 3. The number of alkyl halides is 3. The average molecular weight is 572 g/mol. The van der Waals surface area contributed by atoms with E-state index >= 15 is 0 Å². The summed E-state index contributed by atoms with van der Waals surface area (Å²) in [6, 6.07) is 8.00. The first-order valence-corrected chi connectivity index (χ1v) is 13.5. The maximum absolute atomic E-state index is 13.2. The molecule has 0 radical (unpaired) electrons. The second-order valence-corrected chi connectivity index (χ2v) is 11.0. The number of rotatable bonds is 5. The van der Waals surface area contributed by atoms with E-state index in [9.17, 15) is 27.6 Å². The summed E-state index contributed by atoms with van der Waals surface area (Å²) in [7, 11) is 2.05. The van der Waals surface area contributed by atoms with Crippen LogP contribution in [0.3, 0.4) is 0 Å². The molecule has 2 fully saturated rings. The first-order valence-electron chi connectivity index (χ1n) is 13.5. The normalized spacial score (nSPS) is 18.0. The summed E-state index contributed by atoms with van der Waals surface area (Å²) in [5, 5.41) is 7.65. The number of carbonyl (C=O) groups excluding carboxylic acids is 3. The first-order chi connectivity index (χ1) is 19.4. The predicted octanol–water partition coefficient (Wildman–Crippen LogP) is 3.11. The van der Waals surface area contributed by atoms with E-state index in [1.165, 1.54) is 10.7 Å².